The van der Waals surface area contributed by atoms with Crippen LogP contribution >= 0.6 is 11.6 Å². The van der Waals surface area contributed by atoms with Gasteiger partial charge in [-0.15, -0.1) is 0 Å². The van der Waals surface area contributed by atoms with E-state index in [-0.39, 0.29) is 13.2 Å². The lowest BCUT2D eigenvalue weighted by atomic mass is 10.1. The van der Waals surface area contributed by atoms with Gasteiger partial charge in [-0.1, -0.05) is 29.8 Å². The molecule has 0 saturated carbocycles. The molecule has 24 heavy (non-hydrogen) atoms. The Morgan fingerprint density at radius 1 is 1.00 bits per heavy atom. The standard InChI is InChI=1S/C17H20ClN3O3/c18-13-9-14(19-6-8-23)11-15(10-13)20-17(24)21-16-4-2-1-3-12(16)5-7-22/h1-4,9-11,19,22-23H,5-8H2,(H2,20,21,24). The number of hydrogen-bond donors (Lipinski definition) is 5. The molecule has 2 rings (SSSR count). The summed E-state index contributed by atoms with van der Waals surface area (Å²) < 4.78 is 0. The van der Waals surface area contributed by atoms with Crippen molar-refractivity contribution in [3.63, 3.8) is 0 Å². The molecule has 6 nitrogen and oxygen atoms in total. The molecular weight excluding hydrogens is 330 g/mol. The highest BCUT2D eigenvalue weighted by Crippen LogP contribution is 2.23. The summed E-state index contributed by atoms with van der Waals surface area (Å²) in [5.41, 5.74) is 2.73. The number of aliphatic hydroxyl groups excluding tert-OH is 2. The Bertz CT molecular complexity index is 695. The van der Waals surface area contributed by atoms with Crippen molar-refractivity contribution < 1.29 is 15.0 Å². The molecule has 0 radical (unpaired) electrons. The molecule has 0 aliphatic carbocycles. The number of carbonyl (C=O) groups is 1. The monoisotopic (exact) mass is 349 g/mol. The average Bonchev–Trinajstić information content (AvgIpc) is 2.54. The van der Waals surface area contributed by atoms with Gasteiger partial charge in [0.1, 0.15) is 0 Å². The summed E-state index contributed by atoms with van der Waals surface area (Å²) in [6.45, 7) is 0.395. The van der Waals surface area contributed by atoms with Gasteiger partial charge in [0.15, 0.2) is 0 Å². The maximum absolute atomic E-state index is 12.2. The summed E-state index contributed by atoms with van der Waals surface area (Å²) >= 11 is 6.04. The van der Waals surface area contributed by atoms with Gasteiger partial charge in [0.05, 0.1) is 6.61 Å². The summed E-state index contributed by atoms with van der Waals surface area (Å²) in [6, 6.07) is 11.9. The van der Waals surface area contributed by atoms with Gasteiger partial charge in [-0.3, -0.25) is 0 Å². The summed E-state index contributed by atoms with van der Waals surface area (Å²) in [4.78, 5) is 12.2. The van der Waals surface area contributed by atoms with E-state index >= 15 is 0 Å². The van der Waals surface area contributed by atoms with Crippen LogP contribution in [0, 0.1) is 0 Å². The molecule has 0 fully saturated rings. The maximum Gasteiger partial charge on any atom is 0.323 e. The molecule has 128 valence electrons. The Morgan fingerprint density at radius 3 is 2.50 bits per heavy atom. The number of amides is 2. The third kappa shape index (κ3) is 5.42. The largest absolute Gasteiger partial charge is 0.396 e. The molecule has 0 aliphatic heterocycles. The van der Waals surface area contributed by atoms with Crippen LogP contribution in [-0.2, 0) is 6.42 Å². The van der Waals surface area contributed by atoms with E-state index in [4.69, 9.17) is 21.8 Å². The molecule has 0 atom stereocenters. The van der Waals surface area contributed by atoms with Crippen LogP contribution in [0.1, 0.15) is 5.56 Å². The molecule has 7 heteroatoms. The lowest BCUT2D eigenvalue weighted by Crippen LogP contribution is -2.20. The van der Waals surface area contributed by atoms with Gasteiger partial charge < -0.3 is 26.2 Å². The predicted octanol–water partition coefficient (Wildman–Crippen LogP) is 2.92. The second-order valence-electron chi connectivity index (χ2n) is 5.09. The maximum atomic E-state index is 12.2. The van der Waals surface area contributed by atoms with Crippen LogP contribution in [0.15, 0.2) is 42.5 Å². The molecule has 0 aliphatic rings. The van der Waals surface area contributed by atoms with Gasteiger partial charge in [0.2, 0.25) is 0 Å². The fourth-order valence-corrected chi connectivity index (χ4v) is 2.46. The van der Waals surface area contributed by atoms with E-state index in [0.717, 1.165) is 5.56 Å². The summed E-state index contributed by atoms with van der Waals surface area (Å²) in [6.07, 6.45) is 0.461. The molecule has 2 aromatic carbocycles. The number of benzene rings is 2. The molecule has 2 aromatic rings. The highest BCUT2D eigenvalue weighted by Gasteiger charge is 2.08. The number of carbonyl (C=O) groups excluding carboxylic acids is 1. The number of nitrogens with one attached hydrogen (secondary N) is 3. The molecule has 0 unspecified atom stereocenters. The van der Waals surface area contributed by atoms with E-state index in [0.29, 0.717) is 35.1 Å². The third-order valence-corrected chi connectivity index (χ3v) is 3.46. The van der Waals surface area contributed by atoms with E-state index in [2.05, 4.69) is 16.0 Å². The van der Waals surface area contributed by atoms with Crippen LogP contribution < -0.4 is 16.0 Å². The molecule has 2 amide bonds. The zero-order chi connectivity index (χ0) is 17.4. The Hall–Kier alpha value is -2.28. The predicted molar refractivity (Wildman–Crippen MR) is 96.9 cm³/mol. The van der Waals surface area contributed by atoms with Crippen LogP contribution in [0.25, 0.3) is 0 Å². The van der Waals surface area contributed by atoms with Gasteiger partial charge in [-0.25, -0.2) is 4.79 Å². The topological polar surface area (TPSA) is 93.6 Å². The van der Waals surface area contributed by atoms with Crippen molar-refractivity contribution in [1.29, 1.82) is 0 Å². The normalized spacial score (nSPS) is 10.3. The van der Waals surface area contributed by atoms with Gasteiger partial charge >= 0.3 is 6.03 Å². The molecule has 5 N–H and O–H groups in total. The zero-order valence-corrected chi connectivity index (χ0v) is 13.8. The first-order chi connectivity index (χ1) is 11.6. The van der Waals surface area contributed by atoms with Crippen LogP contribution in [0.4, 0.5) is 21.9 Å². The fraction of sp³-hybridized carbons (Fsp3) is 0.235. The average molecular weight is 350 g/mol. The number of aliphatic hydroxyl groups is 2. The van der Waals surface area contributed by atoms with Gasteiger partial charge in [0.25, 0.3) is 0 Å². The van der Waals surface area contributed by atoms with Crippen LogP contribution in [0.3, 0.4) is 0 Å². The van der Waals surface area contributed by atoms with E-state index in [1.54, 1.807) is 24.3 Å². The van der Waals surface area contributed by atoms with Crippen molar-refractivity contribution in [3.05, 3.63) is 53.1 Å². The third-order valence-electron chi connectivity index (χ3n) is 3.24. The first-order valence-electron chi connectivity index (χ1n) is 7.54. The second kappa shape index (κ2) is 9.12. The van der Waals surface area contributed by atoms with E-state index in [1.807, 2.05) is 18.2 Å². The first kappa shape index (κ1) is 18.1. The van der Waals surface area contributed by atoms with Gasteiger partial charge in [-0.05, 0) is 36.2 Å². The van der Waals surface area contributed by atoms with Gasteiger partial charge in [0, 0.05) is 35.2 Å². The number of para-hydroxylation sites is 1. The molecular formula is C17H20ClN3O3. The van der Waals surface area contributed by atoms with Crippen molar-refractivity contribution in [2.24, 2.45) is 0 Å². The minimum atomic E-state index is -0.407. The van der Waals surface area contributed by atoms with Crippen LogP contribution in [0.5, 0.6) is 0 Å². The van der Waals surface area contributed by atoms with E-state index in [1.165, 1.54) is 0 Å². The Balaban J connectivity index is 2.06. The SMILES string of the molecule is O=C(Nc1cc(Cl)cc(NCCO)c1)Nc1ccccc1CCO. The van der Waals surface area contributed by atoms with E-state index in [9.17, 15) is 4.79 Å². The lowest BCUT2D eigenvalue weighted by Gasteiger charge is -2.13. The minimum Gasteiger partial charge on any atom is -0.396 e. The zero-order valence-electron chi connectivity index (χ0n) is 13.1. The number of urea groups is 1. The van der Waals surface area contributed by atoms with Crippen molar-refractivity contribution in [2.45, 2.75) is 6.42 Å². The van der Waals surface area contributed by atoms with E-state index < -0.39 is 6.03 Å². The Labute approximate surface area is 145 Å². The lowest BCUT2D eigenvalue weighted by molar-refractivity contribution is 0.262. The van der Waals surface area contributed by atoms with Crippen molar-refractivity contribution in [3.8, 4) is 0 Å². The number of anilines is 3. The molecule has 0 heterocycles. The highest BCUT2D eigenvalue weighted by atomic mass is 35.5. The van der Waals surface area contributed by atoms with Crippen LogP contribution in [-0.4, -0.2) is 36.0 Å². The molecule has 0 aromatic heterocycles. The molecule has 0 bridgehead atoms. The quantitative estimate of drug-likeness (QED) is 0.531. The summed E-state index contributed by atoms with van der Waals surface area (Å²) in [5, 5.41) is 26.9. The van der Waals surface area contributed by atoms with Crippen molar-refractivity contribution >= 4 is 34.7 Å². The second-order valence-corrected chi connectivity index (χ2v) is 5.53. The highest BCUT2D eigenvalue weighted by molar-refractivity contribution is 6.31. The summed E-state index contributed by atoms with van der Waals surface area (Å²) in [7, 11) is 0. The van der Waals surface area contributed by atoms with Crippen LogP contribution in [0.2, 0.25) is 5.02 Å². The fourth-order valence-electron chi connectivity index (χ4n) is 2.23. The first-order valence-corrected chi connectivity index (χ1v) is 7.92. The molecule has 0 saturated heterocycles. The van der Waals surface area contributed by atoms with Crippen molar-refractivity contribution in [1.82, 2.24) is 0 Å². The molecule has 0 spiro atoms. The smallest absolute Gasteiger partial charge is 0.323 e. The number of hydrogen-bond acceptors (Lipinski definition) is 4. The Kier molecular flexibility index (Phi) is 6.87. The Morgan fingerprint density at radius 2 is 1.75 bits per heavy atom. The number of halogens is 1. The van der Waals surface area contributed by atoms with Gasteiger partial charge in [-0.2, -0.15) is 0 Å². The van der Waals surface area contributed by atoms with Crippen molar-refractivity contribution in [2.75, 3.05) is 35.7 Å². The number of rotatable bonds is 7. The minimum absolute atomic E-state index is 0.00258. The summed E-state index contributed by atoms with van der Waals surface area (Å²) in [5.74, 6) is 0.